The van der Waals surface area contributed by atoms with E-state index in [0.29, 0.717) is 5.56 Å². The Labute approximate surface area is 186 Å². The van der Waals surface area contributed by atoms with Crippen LogP contribution >= 0.6 is 0 Å². The third-order valence-electron chi connectivity index (χ3n) is 5.42. The van der Waals surface area contributed by atoms with E-state index in [4.69, 9.17) is 18.6 Å². The van der Waals surface area contributed by atoms with Crippen LogP contribution in [0.25, 0.3) is 22.1 Å². The summed E-state index contributed by atoms with van der Waals surface area (Å²) in [6.45, 7) is -0.631. The number of hydrogen-bond acceptors (Lipinski definition) is 11. The van der Waals surface area contributed by atoms with Crippen LogP contribution in [0.15, 0.2) is 45.8 Å². The second-order valence-corrected chi connectivity index (χ2v) is 7.50. The second-order valence-electron chi connectivity index (χ2n) is 7.50. The first-order valence-corrected chi connectivity index (χ1v) is 9.88. The molecule has 176 valence electrons. The molecule has 1 aliphatic heterocycles. The highest BCUT2D eigenvalue weighted by Gasteiger charge is 2.44. The second kappa shape index (κ2) is 8.89. The van der Waals surface area contributed by atoms with Gasteiger partial charge in [0, 0.05) is 12.1 Å². The van der Waals surface area contributed by atoms with Crippen molar-refractivity contribution in [2.24, 2.45) is 0 Å². The van der Waals surface area contributed by atoms with Crippen molar-refractivity contribution in [3.63, 3.8) is 0 Å². The topological polar surface area (TPSA) is 179 Å². The number of aliphatic hydroxyl groups is 4. The first-order chi connectivity index (χ1) is 15.7. The van der Waals surface area contributed by atoms with Crippen molar-refractivity contribution in [3.8, 4) is 34.1 Å². The van der Waals surface area contributed by atoms with E-state index in [0.717, 1.165) is 6.07 Å². The number of phenolic OH excluding ortho intramolecular Hbond substituents is 2. The summed E-state index contributed by atoms with van der Waals surface area (Å²) in [7, 11) is 1.37. The van der Waals surface area contributed by atoms with Gasteiger partial charge in [-0.05, 0) is 17.7 Å². The van der Waals surface area contributed by atoms with Crippen molar-refractivity contribution in [3.05, 3.63) is 46.8 Å². The van der Waals surface area contributed by atoms with E-state index in [1.807, 2.05) is 0 Å². The highest BCUT2D eigenvalue weighted by molar-refractivity contribution is 5.88. The molecule has 6 N–H and O–H groups in total. The maximum absolute atomic E-state index is 13.0. The Hall–Kier alpha value is -3.35. The highest BCUT2D eigenvalue weighted by Crippen LogP contribution is 2.34. The minimum atomic E-state index is -1.65. The average Bonchev–Trinajstić information content (AvgIpc) is 2.80. The predicted octanol–water partition coefficient (Wildman–Crippen LogP) is 0.0585. The van der Waals surface area contributed by atoms with E-state index in [1.54, 1.807) is 0 Å². The van der Waals surface area contributed by atoms with E-state index in [1.165, 1.54) is 37.6 Å². The third kappa shape index (κ3) is 4.08. The molecule has 0 amide bonds. The van der Waals surface area contributed by atoms with Gasteiger partial charge in [-0.3, -0.25) is 4.79 Å². The normalized spacial score (nSPS) is 25.2. The molecule has 1 saturated heterocycles. The summed E-state index contributed by atoms with van der Waals surface area (Å²) in [6.07, 6.45) is -6.33. The van der Waals surface area contributed by atoms with Gasteiger partial charge in [0.1, 0.15) is 53.1 Å². The van der Waals surface area contributed by atoms with Crippen LogP contribution in [-0.4, -0.2) is 75.1 Å². The maximum Gasteiger partial charge on any atom is 0.229 e. The predicted molar refractivity (Wildman–Crippen MR) is 112 cm³/mol. The van der Waals surface area contributed by atoms with Gasteiger partial charge in [0.25, 0.3) is 0 Å². The minimum absolute atomic E-state index is 0.0333. The molecule has 2 aromatic carbocycles. The molecular formula is C22H22O11. The van der Waals surface area contributed by atoms with E-state index >= 15 is 0 Å². The summed E-state index contributed by atoms with van der Waals surface area (Å²) in [5.41, 5.74) is -0.0879. The first kappa shape index (κ1) is 22.8. The molecule has 1 fully saturated rings. The van der Waals surface area contributed by atoms with Crippen LogP contribution in [-0.2, 0) is 4.74 Å². The van der Waals surface area contributed by atoms with Crippen LogP contribution in [0.1, 0.15) is 0 Å². The van der Waals surface area contributed by atoms with Gasteiger partial charge in [-0.1, -0.05) is 6.07 Å². The first-order valence-electron chi connectivity index (χ1n) is 9.88. The lowest BCUT2D eigenvalue weighted by Crippen LogP contribution is -2.60. The third-order valence-corrected chi connectivity index (χ3v) is 5.42. The highest BCUT2D eigenvalue weighted by atomic mass is 16.7. The molecule has 2 unspecified atom stereocenters. The Balaban J connectivity index is 1.69. The van der Waals surface area contributed by atoms with E-state index in [2.05, 4.69) is 0 Å². The van der Waals surface area contributed by atoms with Gasteiger partial charge in [-0.2, -0.15) is 0 Å². The quantitative estimate of drug-likeness (QED) is 0.302. The largest absolute Gasteiger partial charge is 0.507 e. The van der Waals surface area contributed by atoms with Crippen molar-refractivity contribution in [1.29, 1.82) is 0 Å². The van der Waals surface area contributed by atoms with Crippen LogP contribution in [0.2, 0.25) is 0 Å². The zero-order valence-corrected chi connectivity index (χ0v) is 17.3. The number of ether oxygens (including phenoxy) is 3. The number of rotatable bonds is 5. The monoisotopic (exact) mass is 462 g/mol. The maximum atomic E-state index is 13.0. The fourth-order valence-electron chi connectivity index (χ4n) is 3.62. The Morgan fingerprint density at radius 2 is 1.76 bits per heavy atom. The van der Waals surface area contributed by atoms with E-state index in [9.17, 15) is 35.4 Å². The van der Waals surface area contributed by atoms with Crippen molar-refractivity contribution in [1.82, 2.24) is 0 Å². The standard InChI is InChI=1S/C22H22O11/c1-30-14-4-9(2-3-12(14)24)11-8-31-15-6-10(5-13(25)17(15)18(11)26)32-22-21(29)20(28)19(27)16(7-23)33-22/h2-6,8,16,19-25,27-29H,7H2,1H3/t16?,19-,20+,21?,22-/m1/s1. The van der Waals surface area contributed by atoms with Crippen molar-refractivity contribution >= 4 is 11.0 Å². The molecule has 2 heterocycles. The number of phenols is 2. The Morgan fingerprint density at radius 3 is 2.45 bits per heavy atom. The summed E-state index contributed by atoms with van der Waals surface area (Å²) < 4.78 is 21.3. The number of methoxy groups -OCH3 is 1. The molecule has 11 nitrogen and oxygen atoms in total. The molecule has 3 aromatic rings. The van der Waals surface area contributed by atoms with Gasteiger partial charge in [0.2, 0.25) is 11.7 Å². The van der Waals surface area contributed by atoms with Gasteiger partial charge in [0.05, 0.1) is 19.3 Å². The van der Waals surface area contributed by atoms with Crippen molar-refractivity contribution < 1.29 is 49.3 Å². The lowest BCUT2D eigenvalue weighted by molar-refractivity contribution is -0.277. The van der Waals surface area contributed by atoms with Crippen molar-refractivity contribution in [2.45, 2.75) is 30.7 Å². The molecule has 0 spiro atoms. The Bertz CT molecular complexity index is 1220. The molecule has 0 aliphatic carbocycles. The molecular weight excluding hydrogens is 440 g/mol. The van der Waals surface area contributed by atoms with Crippen LogP contribution in [0, 0.1) is 0 Å². The average molecular weight is 462 g/mol. The molecule has 11 heteroatoms. The minimum Gasteiger partial charge on any atom is -0.507 e. The molecule has 1 aliphatic rings. The molecule has 0 saturated carbocycles. The van der Waals surface area contributed by atoms with E-state index < -0.39 is 48.5 Å². The fourth-order valence-corrected chi connectivity index (χ4v) is 3.62. The summed E-state index contributed by atoms with van der Waals surface area (Å²) >= 11 is 0. The fraction of sp³-hybridized carbons (Fsp3) is 0.318. The molecule has 0 radical (unpaired) electrons. The van der Waals surface area contributed by atoms with E-state index in [-0.39, 0.29) is 33.8 Å². The smallest absolute Gasteiger partial charge is 0.229 e. The molecule has 33 heavy (non-hydrogen) atoms. The van der Waals surface area contributed by atoms with Gasteiger partial charge in [-0.15, -0.1) is 0 Å². The number of hydrogen-bond donors (Lipinski definition) is 6. The van der Waals surface area contributed by atoms with Crippen LogP contribution < -0.4 is 14.9 Å². The number of fused-ring (bicyclic) bond motifs is 1. The Morgan fingerprint density at radius 1 is 1.00 bits per heavy atom. The Kier molecular flexibility index (Phi) is 6.15. The number of aromatic hydroxyl groups is 2. The number of benzene rings is 2. The van der Waals surface area contributed by atoms with Crippen LogP contribution in [0.3, 0.4) is 0 Å². The van der Waals surface area contributed by atoms with Gasteiger partial charge in [-0.25, -0.2) is 0 Å². The molecule has 5 atom stereocenters. The molecule has 0 bridgehead atoms. The SMILES string of the molecule is COc1cc(-c2coc3cc(O[C@@H]4OC(CO)[C@@H](O)[C@H](O)C4O)cc(O)c3c2=O)ccc1O. The summed E-state index contributed by atoms with van der Waals surface area (Å²) in [5, 5.41) is 59.3. The van der Waals surface area contributed by atoms with Gasteiger partial charge >= 0.3 is 0 Å². The van der Waals surface area contributed by atoms with Crippen LogP contribution in [0.5, 0.6) is 23.0 Å². The molecule has 4 rings (SSSR count). The van der Waals surface area contributed by atoms with Gasteiger partial charge in [0.15, 0.2) is 11.5 Å². The summed E-state index contributed by atoms with van der Waals surface area (Å²) in [4.78, 5) is 13.0. The summed E-state index contributed by atoms with van der Waals surface area (Å²) in [6, 6.07) is 6.67. The van der Waals surface area contributed by atoms with Gasteiger partial charge < -0.3 is 49.3 Å². The number of aliphatic hydroxyl groups excluding tert-OH is 4. The lowest BCUT2D eigenvalue weighted by Gasteiger charge is -2.39. The summed E-state index contributed by atoms with van der Waals surface area (Å²) in [5.74, 6) is -0.497. The zero-order chi connectivity index (χ0) is 23.9. The van der Waals surface area contributed by atoms with Crippen LogP contribution in [0.4, 0.5) is 0 Å². The lowest BCUT2D eigenvalue weighted by atomic mass is 9.99. The molecule has 1 aromatic heterocycles. The van der Waals surface area contributed by atoms with Crippen molar-refractivity contribution in [2.75, 3.05) is 13.7 Å². The zero-order valence-electron chi connectivity index (χ0n) is 17.3.